The number of ether oxygens (including phenoxy) is 1. The normalized spacial score (nSPS) is 20.6. The van der Waals surface area contributed by atoms with E-state index < -0.39 is 0 Å². The van der Waals surface area contributed by atoms with E-state index in [-0.39, 0.29) is 5.63 Å². The molecule has 134 valence electrons. The molecule has 1 aromatic heterocycles. The van der Waals surface area contributed by atoms with E-state index in [9.17, 15) is 4.79 Å². The lowest BCUT2D eigenvalue weighted by Gasteiger charge is -2.21. The first-order chi connectivity index (χ1) is 13.3. The van der Waals surface area contributed by atoms with Gasteiger partial charge in [0, 0.05) is 23.3 Å². The van der Waals surface area contributed by atoms with Crippen molar-refractivity contribution in [1.82, 2.24) is 0 Å². The molecular formula is C24H20O3. The van der Waals surface area contributed by atoms with Crippen molar-refractivity contribution >= 4 is 11.0 Å². The zero-order chi connectivity index (χ0) is 18.5. The molecule has 0 saturated carbocycles. The standard InChI is InChI=1S/C15H14O.C9H6O2/c1-2-6-12(5-1)14-9-10-16-15(11-14)13-7-3-4-8-13;10-9-6-5-7-3-1-2-4-8(7)11-9/h1-14H;1-6H. The highest BCUT2D eigenvalue weighted by Gasteiger charge is 2.21. The van der Waals surface area contributed by atoms with Crippen LogP contribution in [0.15, 0.2) is 118 Å². The van der Waals surface area contributed by atoms with Gasteiger partial charge in [-0.2, -0.15) is 0 Å². The fourth-order valence-electron chi connectivity index (χ4n) is 3.26. The molecule has 0 spiro atoms. The van der Waals surface area contributed by atoms with Crippen molar-refractivity contribution in [3.63, 3.8) is 0 Å². The van der Waals surface area contributed by atoms with Gasteiger partial charge in [0.15, 0.2) is 0 Å². The molecule has 3 nitrogen and oxygen atoms in total. The van der Waals surface area contributed by atoms with E-state index in [4.69, 9.17) is 9.15 Å². The van der Waals surface area contributed by atoms with E-state index >= 15 is 0 Å². The summed E-state index contributed by atoms with van der Waals surface area (Å²) in [4.78, 5) is 10.7. The number of para-hydroxylation sites is 1. The Morgan fingerprint density at radius 1 is 0.741 bits per heavy atom. The van der Waals surface area contributed by atoms with Crippen LogP contribution in [-0.4, -0.2) is 0 Å². The number of benzene rings is 1. The van der Waals surface area contributed by atoms with E-state index in [2.05, 4.69) is 60.8 Å². The summed E-state index contributed by atoms with van der Waals surface area (Å²) < 4.78 is 10.5. The Bertz CT molecular complexity index is 1020. The lowest BCUT2D eigenvalue weighted by atomic mass is 9.90. The van der Waals surface area contributed by atoms with Crippen molar-refractivity contribution in [2.24, 2.45) is 17.8 Å². The van der Waals surface area contributed by atoms with Crippen LogP contribution in [0.2, 0.25) is 0 Å². The molecule has 0 amide bonds. The highest BCUT2D eigenvalue weighted by molar-refractivity contribution is 5.75. The Kier molecular flexibility index (Phi) is 5.01. The molecule has 1 aliphatic heterocycles. The lowest BCUT2D eigenvalue weighted by Crippen LogP contribution is -2.11. The van der Waals surface area contributed by atoms with Crippen molar-refractivity contribution in [3.05, 3.63) is 120 Å². The van der Waals surface area contributed by atoms with Crippen molar-refractivity contribution in [2.75, 3.05) is 0 Å². The molecular weight excluding hydrogens is 336 g/mol. The second-order valence-corrected chi connectivity index (χ2v) is 6.53. The summed E-state index contributed by atoms with van der Waals surface area (Å²) in [7, 11) is 0. The smallest absolute Gasteiger partial charge is 0.336 e. The van der Waals surface area contributed by atoms with Gasteiger partial charge in [0.2, 0.25) is 0 Å². The molecule has 1 unspecified atom stereocenters. The van der Waals surface area contributed by atoms with Gasteiger partial charge >= 0.3 is 5.63 Å². The molecule has 1 atom stereocenters. The maximum absolute atomic E-state index is 10.7. The molecule has 5 rings (SSSR count). The summed E-state index contributed by atoms with van der Waals surface area (Å²) in [6, 6.07) is 10.6. The predicted octanol–water partition coefficient (Wildman–Crippen LogP) is 5.31. The zero-order valence-corrected chi connectivity index (χ0v) is 14.8. The van der Waals surface area contributed by atoms with Crippen molar-refractivity contribution in [1.29, 1.82) is 0 Å². The van der Waals surface area contributed by atoms with Gasteiger partial charge in [0.25, 0.3) is 0 Å². The van der Waals surface area contributed by atoms with Gasteiger partial charge in [0.05, 0.1) is 12.2 Å². The minimum atomic E-state index is -0.302. The lowest BCUT2D eigenvalue weighted by molar-refractivity contribution is 0.304. The first-order valence-corrected chi connectivity index (χ1v) is 9.03. The fourth-order valence-corrected chi connectivity index (χ4v) is 3.26. The Morgan fingerprint density at radius 3 is 2.30 bits per heavy atom. The molecule has 0 fully saturated rings. The summed E-state index contributed by atoms with van der Waals surface area (Å²) in [6.07, 6.45) is 23.3. The maximum Gasteiger partial charge on any atom is 0.336 e. The third-order valence-corrected chi connectivity index (χ3v) is 4.69. The van der Waals surface area contributed by atoms with Gasteiger partial charge in [0.1, 0.15) is 11.3 Å². The Labute approximate surface area is 158 Å². The van der Waals surface area contributed by atoms with Gasteiger partial charge in [-0.05, 0) is 24.3 Å². The predicted molar refractivity (Wildman–Crippen MR) is 108 cm³/mol. The molecule has 0 N–H and O–H groups in total. The number of hydrogen-bond acceptors (Lipinski definition) is 3. The number of hydrogen-bond donors (Lipinski definition) is 0. The third kappa shape index (κ3) is 4.09. The van der Waals surface area contributed by atoms with Crippen molar-refractivity contribution in [3.8, 4) is 0 Å². The van der Waals surface area contributed by atoms with Crippen molar-refractivity contribution < 1.29 is 9.15 Å². The summed E-state index contributed by atoms with van der Waals surface area (Å²) in [5, 5.41) is 0.951. The highest BCUT2D eigenvalue weighted by Crippen LogP contribution is 2.30. The number of rotatable bonds is 2. The average Bonchev–Trinajstić information content (AvgIpc) is 3.43. The quantitative estimate of drug-likeness (QED) is 0.685. The molecule has 0 radical (unpaired) electrons. The molecule has 2 aliphatic carbocycles. The van der Waals surface area contributed by atoms with Gasteiger partial charge in [-0.15, -0.1) is 0 Å². The molecule has 0 bridgehead atoms. The minimum Gasteiger partial charge on any atom is -0.469 e. The Morgan fingerprint density at radius 2 is 1.48 bits per heavy atom. The fraction of sp³-hybridized carbons (Fsp3) is 0.125. The van der Waals surface area contributed by atoms with Gasteiger partial charge in [-0.25, -0.2) is 4.79 Å². The van der Waals surface area contributed by atoms with Crippen LogP contribution in [-0.2, 0) is 4.74 Å². The SMILES string of the molecule is C1=CC(C2=CC(C3C=CC=C3)C=CO2)C=C1.O=c1ccc2ccccc2o1. The number of allylic oxidation sites excluding steroid dienone is 9. The van der Waals surface area contributed by atoms with E-state index in [0.29, 0.717) is 23.3 Å². The molecule has 2 aromatic rings. The van der Waals surface area contributed by atoms with Crippen LogP contribution in [0.1, 0.15) is 0 Å². The summed E-state index contributed by atoms with van der Waals surface area (Å²) in [5.74, 6) is 2.29. The minimum absolute atomic E-state index is 0.302. The van der Waals surface area contributed by atoms with Crippen LogP contribution in [0.4, 0.5) is 0 Å². The highest BCUT2D eigenvalue weighted by atomic mass is 16.5. The van der Waals surface area contributed by atoms with Crippen LogP contribution in [0.25, 0.3) is 11.0 Å². The second kappa shape index (κ2) is 7.92. The Hall–Kier alpha value is -3.33. The van der Waals surface area contributed by atoms with E-state index in [1.807, 2.05) is 24.5 Å². The van der Waals surface area contributed by atoms with Gasteiger partial charge < -0.3 is 9.15 Å². The molecule has 27 heavy (non-hydrogen) atoms. The summed E-state index contributed by atoms with van der Waals surface area (Å²) >= 11 is 0. The molecule has 2 heterocycles. The van der Waals surface area contributed by atoms with E-state index in [1.54, 1.807) is 12.1 Å². The first-order valence-electron chi connectivity index (χ1n) is 9.03. The van der Waals surface area contributed by atoms with Crippen LogP contribution in [0, 0.1) is 17.8 Å². The average molecular weight is 356 g/mol. The molecule has 1 aromatic carbocycles. The van der Waals surface area contributed by atoms with Crippen LogP contribution in [0.3, 0.4) is 0 Å². The van der Waals surface area contributed by atoms with E-state index in [0.717, 1.165) is 11.1 Å². The molecule has 3 heteroatoms. The summed E-state index contributed by atoms with van der Waals surface area (Å²) in [5.41, 5.74) is 0.337. The monoisotopic (exact) mass is 356 g/mol. The van der Waals surface area contributed by atoms with Crippen LogP contribution >= 0.6 is 0 Å². The maximum atomic E-state index is 10.7. The van der Waals surface area contributed by atoms with Crippen LogP contribution < -0.4 is 5.63 Å². The Balaban J connectivity index is 0.000000143. The number of fused-ring (bicyclic) bond motifs is 1. The topological polar surface area (TPSA) is 39.4 Å². The van der Waals surface area contributed by atoms with Crippen molar-refractivity contribution in [2.45, 2.75) is 0 Å². The van der Waals surface area contributed by atoms with Gasteiger partial charge in [-0.1, -0.05) is 66.8 Å². The van der Waals surface area contributed by atoms with Gasteiger partial charge in [-0.3, -0.25) is 0 Å². The van der Waals surface area contributed by atoms with E-state index in [1.165, 1.54) is 6.07 Å². The second-order valence-electron chi connectivity index (χ2n) is 6.53. The largest absolute Gasteiger partial charge is 0.469 e. The third-order valence-electron chi connectivity index (χ3n) is 4.69. The molecule has 3 aliphatic rings. The zero-order valence-electron chi connectivity index (χ0n) is 14.8. The first kappa shape index (κ1) is 17.1. The van der Waals surface area contributed by atoms with Crippen LogP contribution in [0.5, 0.6) is 0 Å². The summed E-state index contributed by atoms with van der Waals surface area (Å²) in [6.45, 7) is 0. The molecule has 0 saturated heterocycles.